The van der Waals surface area contributed by atoms with Gasteiger partial charge < -0.3 is 10.2 Å². The van der Waals surface area contributed by atoms with Crippen molar-refractivity contribution in [1.82, 2.24) is 4.72 Å². The van der Waals surface area contributed by atoms with Gasteiger partial charge in [0.15, 0.2) is 0 Å². The predicted molar refractivity (Wildman–Crippen MR) is 79.6 cm³/mol. The average Bonchev–Trinajstić information content (AvgIpc) is 2.37. The van der Waals surface area contributed by atoms with E-state index >= 15 is 0 Å². The summed E-state index contributed by atoms with van der Waals surface area (Å²) in [7, 11) is -3.79. The molecule has 8 heteroatoms. The number of carboxylic acid groups (broad SMARTS) is 1. The molecule has 3 N–H and O–H groups in total. The van der Waals surface area contributed by atoms with Gasteiger partial charge in [0.25, 0.3) is 0 Å². The smallest absolute Gasteiger partial charge is 0.335 e. The molecule has 1 fully saturated rings. The number of carbonyl (C=O) groups is 1. The Morgan fingerprint density at radius 2 is 2.05 bits per heavy atom. The van der Waals surface area contributed by atoms with E-state index in [-0.39, 0.29) is 21.0 Å². The summed E-state index contributed by atoms with van der Waals surface area (Å²) >= 11 is 3.09. The number of rotatable bonds is 4. The van der Waals surface area contributed by atoms with Gasteiger partial charge in [0, 0.05) is 15.9 Å². The van der Waals surface area contributed by atoms with Gasteiger partial charge in [-0.25, -0.2) is 17.9 Å². The number of aromatic carboxylic acids is 1. The third-order valence-electron chi connectivity index (χ3n) is 3.98. The zero-order valence-corrected chi connectivity index (χ0v) is 13.9. The van der Waals surface area contributed by atoms with Gasteiger partial charge in [-0.1, -0.05) is 13.8 Å². The largest absolute Gasteiger partial charge is 0.478 e. The summed E-state index contributed by atoms with van der Waals surface area (Å²) in [4.78, 5) is 10.8. The zero-order chi connectivity index (χ0) is 16.0. The van der Waals surface area contributed by atoms with Crippen LogP contribution in [0.1, 0.15) is 30.6 Å². The molecule has 1 aliphatic carbocycles. The van der Waals surface area contributed by atoms with Crippen LogP contribution in [-0.2, 0) is 10.0 Å². The maximum atomic E-state index is 12.4. The summed E-state index contributed by atoms with van der Waals surface area (Å²) in [5.41, 5.74) is -0.527. The van der Waals surface area contributed by atoms with Crippen molar-refractivity contribution < 1.29 is 23.4 Å². The first-order valence-corrected chi connectivity index (χ1v) is 8.56. The molecule has 21 heavy (non-hydrogen) atoms. The number of hydrogen-bond acceptors (Lipinski definition) is 4. The lowest BCUT2D eigenvalue weighted by Gasteiger charge is -2.49. The first-order chi connectivity index (χ1) is 9.55. The van der Waals surface area contributed by atoms with Gasteiger partial charge in [-0.3, -0.25) is 0 Å². The highest BCUT2D eigenvalue weighted by molar-refractivity contribution is 9.10. The molecular formula is C13H16BrNO5S. The quantitative estimate of drug-likeness (QED) is 0.738. The van der Waals surface area contributed by atoms with Crippen LogP contribution in [0.15, 0.2) is 27.6 Å². The highest BCUT2D eigenvalue weighted by Crippen LogP contribution is 2.41. The summed E-state index contributed by atoms with van der Waals surface area (Å²) in [5, 5.41) is 18.5. The second-order valence-electron chi connectivity index (χ2n) is 5.70. The van der Waals surface area contributed by atoms with E-state index in [1.165, 1.54) is 18.2 Å². The summed E-state index contributed by atoms with van der Waals surface area (Å²) in [6.07, 6.45) is -0.181. The number of benzene rings is 1. The average molecular weight is 378 g/mol. The predicted octanol–water partition coefficient (Wildman–Crippen LogP) is 1.58. The molecule has 0 radical (unpaired) electrons. The van der Waals surface area contributed by atoms with Crippen molar-refractivity contribution in [3.05, 3.63) is 28.2 Å². The van der Waals surface area contributed by atoms with Crippen LogP contribution in [0.5, 0.6) is 0 Å². The van der Waals surface area contributed by atoms with Gasteiger partial charge >= 0.3 is 5.97 Å². The molecule has 2 unspecified atom stereocenters. The second-order valence-corrected chi connectivity index (χ2v) is 8.23. The third-order valence-corrected chi connectivity index (χ3v) is 6.43. The van der Waals surface area contributed by atoms with Crippen molar-refractivity contribution in [3.8, 4) is 0 Å². The molecule has 1 aromatic rings. The lowest BCUT2D eigenvalue weighted by atomic mass is 9.65. The molecule has 0 heterocycles. The standard InChI is InChI=1S/C13H16BrNO5S/c1-13(2)10(6-11(13)16)15-21(19,20)9-4-3-7(12(17)18)5-8(9)14/h3-5,10-11,15-16H,6H2,1-2H3,(H,17,18). The van der Waals surface area contributed by atoms with Crippen LogP contribution in [0.4, 0.5) is 0 Å². The van der Waals surface area contributed by atoms with E-state index in [2.05, 4.69) is 20.7 Å². The molecule has 6 nitrogen and oxygen atoms in total. The maximum Gasteiger partial charge on any atom is 0.335 e. The van der Waals surface area contributed by atoms with E-state index in [0.29, 0.717) is 6.42 Å². The van der Waals surface area contributed by atoms with E-state index in [0.717, 1.165) is 0 Å². The fourth-order valence-corrected chi connectivity index (χ4v) is 4.69. The molecule has 0 aliphatic heterocycles. The second kappa shape index (κ2) is 5.35. The van der Waals surface area contributed by atoms with Crippen molar-refractivity contribution in [2.24, 2.45) is 5.41 Å². The molecule has 2 rings (SSSR count). The molecule has 0 bridgehead atoms. The summed E-state index contributed by atoms with van der Waals surface area (Å²) < 4.78 is 27.5. The van der Waals surface area contributed by atoms with E-state index in [4.69, 9.17) is 5.11 Å². The van der Waals surface area contributed by atoms with Crippen molar-refractivity contribution >= 4 is 31.9 Å². The van der Waals surface area contributed by atoms with E-state index in [9.17, 15) is 18.3 Å². The Morgan fingerprint density at radius 1 is 1.43 bits per heavy atom. The summed E-state index contributed by atoms with van der Waals surface area (Å²) in [5.74, 6) is -1.13. The van der Waals surface area contributed by atoms with Crippen LogP contribution in [0.25, 0.3) is 0 Å². The van der Waals surface area contributed by atoms with Crippen molar-refractivity contribution in [3.63, 3.8) is 0 Å². The fraction of sp³-hybridized carbons (Fsp3) is 0.462. The molecule has 1 saturated carbocycles. The Morgan fingerprint density at radius 3 is 2.48 bits per heavy atom. The first kappa shape index (κ1) is 16.4. The molecule has 0 aromatic heterocycles. The molecule has 0 amide bonds. The Bertz CT molecular complexity index is 686. The summed E-state index contributed by atoms with van der Waals surface area (Å²) in [6, 6.07) is 3.38. The number of hydrogen-bond donors (Lipinski definition) is 3. The van der Waals surface area contributed by atoms with Crippen LogP contribution in [0.2, 0.25) is 0 Å². The Balaban J connectivity index is 2.27. The molecule has 0 spiro atoms. The number of halogens is 1. The molecule has 116 valence electrons. The molecule has 2 atom stereocenters. The number of carboxylic acids is 1. The number of aliphatic hydroxyl groups is 1. The van der Waals surface area contributed by atoms with Crippen LogP contribution >= 0.6 is 15.9 Å². The van der Waals surface area contributed by atoms with Gasteiger partial charge in [-0.15, -0.1) is 0 Å². The van der Waals surface area contributed by atoms with Gasteiger partial charge in [-0.2, -0.15) is 0 Å². The van der Waals surface area contributed by atoms with Gasteiger partial charge in [-0.05, 0) is 40.5 Å². The van der Waals surface area contributed by atoms with E-state index in [1.54, 1.807) is 13.8 Å². The Hall–Kier alpha value is -0.960. The lowest BCUT2D eigenvalue weighted by molar-refractivity contribution is -0.0645. The highest BCUT2D eigenvalue weighted by atomic mass is 79.9. The van der Waals surface area contributed by atoms with E-state index < -0.39 is 27.5 Å². The number of aliphatic hydroxyl groups excluding tert-OH is 1. The Kier molecular flexibility index (Phi) is 4.18. The topological polar surface area (TPSA) is 104 Å². The molecular weight excluding hydrogens is 362 g/mol. The highest BCUT2D eigenvalue weighted by Gasteiger charge is 2.49. The Labute approximate surface area is 131 Å². The fourth-order valence-electron chi connectivity index (χ4n) is 2.21. The van der Waals surface area contributed by atoms with Gasteiger partial charge in [0.05, 0.1) is 16.6 Å². The normalized spacial score (nSPS) is 24.4. The van der Waals surface area contributed by atoms with Gasteiger partial charge in [0.2, 0.25) is 10.0 Å². The minimum Gasteiger partial charge on any atom is -0.478 e. The first-order valence-electron chi connectivity index (χ1n) is 6.29. The van der Waals surface area contributed by atoms with Crippen LogP contribution < -0.4 is 4.72 Å². The third kappa shape index (κ3) is 2.98. The molecule has 1 aromatic carbocycles. The minimum absolute atomic E-state index is 0.000205. The van der Waals surface area contributed by atoms with Crippen molar-refractivity contribution in [2.75, 3.05) is 0 Å². The van der Waals surface area contributed by atoms with Crippen LogP contribution in [0.3, 0.4) is 0 Å². The van der Waals surface area contributed by atoms with Crippen molar-refractivity contribution in [1.29, 1.82) is 0 Å². The molecule has 1 aliphatic rings. The number of nitrogens with one attached hydrogen (secondary N) is 1. The van der Waals surface area contributed by atoms with Crippen LogP contribution in [0, 0.1) is 5.41 Å². The van der Waals surface area contributed by atoms with E-state index in [1.807, 2.05) is 0 Å². The SMILES string of the molecule is CC1(C)C(O)CC1NS(=O)(=O)c1ccc(C(=O)O)cc1Br. The number of sulfonamides is 1. The molecule has 0 saturated heterocycles. The lowest BCUT2D eigenvalue weighted by Crippen LogP contribution is -2.61. The monoisotopic (exact) mass is 377 g/mol. The van der Waals surface area contributed by atoms with Gasteiger partial charge in [0.1, 0.15) is 0 Å². The zero-order valence-electron chi connectivity index (χ0n) is 11.5. The van der Waals surface area contributed by atoms with Crippen LogP contribution in [-0.4, -0.2) is 36.7 Å². The minimum atomic E-state index is -3.79. The van der Waals surface area contributed by atoms with Crippen molar-refractivity contribution in [2.45, 2.75) is 37.3 Å². The summed E-state index contributed by atoms with van der Waals surface area (Å²) in [6.45, 7) is 3.58. The maximum absolute atomic E-state index is 12.4.